The zero-order chi connectivity index (χ0) is 13.3. The number of aromatic nitrogens is 2. The summed E-state index contributed by atoms with van der Waals surface area (Å²) in [5, 5.41) is 0. The molecule has 0 aliphatic carbocycles. The second kappa shape index (κ2) is 5.02. The molecule has 98 valence electrons. The second-order valence-corrected chi connectivity index (χ2v) is 4.67. The predicted molar refractivity (Wildman–Crippen MR) is 67.4 cm³/mol. The third-order valence-electron chi connectivity index (χ3n) is 2.92. The number of benzene rings is 1. The highest BCUT2D eigenvalue weighted by Gasteiger charge is 2.15. The quantitative estimate of drug-likeness (QED) is 0.910. The summed E-state index contributed by atoms with van der Waals surface area (Å²) < 4.78 is 28.4. The fourth-order valence-corrected chi connectivity index (χ4v) is 2.06. The fourth-order valence-electron chi connectivity index (χ4n) is 2.06. The standard InChI is InChI=1S/C13H17F2N3/c1-8(2)13-17-11-6-9(14)10(15)7-12(11)18(13)5-3-4-16/h6-8H,3-5,16H2,1-2H3. The Morgan fingerprint density at radius 3 is 2.56 bits per heavy atom. The molecule has 0 aliphatic rings. The van der Waals surface area contributed by atoms with Gasteiger partial charge in [0.1, 0.15) is 5.82 Å². The second-order valence-electron chi connectivity index (χ2n) is 4.67. The molecule has 2 rings (SSSR count). The minimum atomic E-state index is -0.860. The van der Waals surface area contributed by atoms with Crippen LogP contribution in [0.2, 0.25) is 0 Å². The number of nitrogens with zero attached hydrogens (tertiary/aromatic N) is 2. The monoisotopic (exact) mass is 253 g/mol. The Bertz CT molecular complexity index is 561. The zero-order valence-corrected chi connectivity index (χ0v) is 10.6. The Morgan fingerprint density at radius 1 is 1.28 bits per heavy atom. The number of nitrogens with two attached hydrogens (primary N) is 1. The molecule has 5 heteroatoms. The smallest absolute Gasteiger partial charge is 0.161 e. The van der Waals surface area contributed by atoms with Gasteiger partial charge in [0.25, 0.3) is 0 Å². The van der Waals surface area contributed by atoms with Crippen molar-refractivity contribution in [3.8, 4) is 0 Å². The van der Waals surface area contributed by atoms with Gasteiger partial charge in [-0.1, -0.05) is 13.8 Å². The summed E-state index contributed by atoms with van der Waals surface area (Å²) in [5.41, 5.74) is 6.63. The molecule has 0 atom stereocenters. The first kappa shape index (κ1) is 13.0. The van der Waals surface area contributed by atoms with Gasteiger partial charge >= 0.3 is 0 Å². The van der Waals surface area contributed by atoms with Crippen molar-refractivity contribution in [1.29, 1.82) is 0 Å². The molecule has 0 radical (unpaired) electrons. The van der Waals surface area contributed by atoms with E-state index in [9.17, 15) is 8.78 Å². The van der Waals surface area contributed by atoms with Gasteiger partial charge in [0.15, 0.2) is 11.6 Å². The van der Waals surface area contributed by atoms with E-state index in [0.29, 0.717) is 24.1 Å². The number of fused-ring (bicyclic) bond motifs is 1. The van der Waals surface area contributed by atoms with E-state index in [-0.39, 0.29) is 5.92 Å². The molecule has 0 amide bonds. The summed E-state index contributed by atoms with van der Waals surface area (Å²) in [6.07, 6.45) is 0.782. The number of hydrogen-bond acceptors (Lipinski definition) is 2. The molecule has 0 fully saturated rings. The van der Waals surface area contributed by atoms with Crippen LogP contribution in [0.5, 0.6) is 0 Å². The van der Waals surface area contributed by atoms with Gasteiger partial charge in [-0.3, -0.25) is 0 Å². The van der Waals surface area contributed by atoms with Gasteiger partial charge in [0.2, 0.25) is 0 Å². The zero-order valence-electron chi connectivity index (χ0n) is 10.6. The third kappa shape index (κ3) is 2.22. The summed E-state index contributed by atoms with van der Waals surface area (Å²) in [6.45, 7) is 5.24. The fraction of sp³-hybridized carbons (Fsp3) is 0.462. The van der Waals surface area contributed by atoms with E-state index in [1.165, 1.54) is 6.07 Å². The van der Waals surface area contributed by atoms with Crippen molar-refractivity contribution >= 4 is 11.0 Å². The maximum Gasteiger partial charge on any atom is 0.161 e. The Morgan fingerprint density at radius 2 is 1.94 bits per heavy atom. The summed E-state index contributed by atoms with van der Waals surface area (Å²) in [4.78, 5) is 4.38. The van der Waals surface area contributed by atoms with E-state index in [1.807, 2.05) is 18.4 Å². The molecule has 1 heterocycles. The van der Waals surface area contributed by atoms with Crippen molar-refractivity contribution < 1.29 is 8.78 Å². The van der Waals surface area contributed by atoms with Crippen LogP contribution in [-0.2, 0) is 6.54 Å². The van der Waals surface area contributed by atoms with Gasteiger partial charge in [0.05, 0.1) is 11.0 Å². The summed E-state index contributed by atoms with van der Waals surface area (Å²) in [7, 11) is 0. The minimum Gasteiger partial charge on any atom is -0.330 e. The normalized spacial score (nSPS) is 11.7. The molecule has 0 saturated carbocycles. The first-order chi connectivity index (χ1) is 8.54. The first-order valence-electron chi connectivity index (χ1n) is 6.09. The van der Waals surface area contributed by atoms with Crippen LogP contribution in [0.3, 0.4) is 0 Å². The highest BCUT2D eigenvalue weighted by atomic mass is 19.2. The van der Waals surface area contributed by atoms with Crippen molar-refractivity contribution in [2.45, 2.75) is 32.7 Å². The lowest BCUT2D eigenvalue weighted by Gasteiger charge is -2.10. The average Bonchev–Trinajstić information content (AvgIpc) is 2.65. The van der Waals surface area contributed by atoms with Gasteiger partial charge in [-0.05, 0) is 13.0 Å². The van der Waals surface area contributed by atoms with Gasteiger partial charge in [-0.2, -0.15) is 0 Å². The number of rotatable bonds is 4. The largest absolute Gasteiger partial charge is 0.330 e. The van der Waals surface area contributed by atoms with Gasteiger partial charge in [-0.15, -0.1) is 0 Å². The molecule has 0 bridgehead atoms. The van der Waals surface area contributed by atoms with E-state index in [1.54, 1.807) is 0 Å². The predicted octanol–water partition coefficient (Wildman–Crippen LogP) is 2.79. The van der Waals surface area contributed by atoms with Crippen LogP contribution in [0.15, 0.2) is 12.1 Å². The van der Waals surface area contributed by atoms with Crippen LogP contribution in [0.4, 0.5) is 8.78 Å². The van der Waals surface area contributed by atoms with Crippen LogP contribution in [-0.4, -0.2) is 16.1 Å². The molecule has 0 aliphatic heterocycles. The molecule has 0 unspecified atom stereocenters. The van der Waals surface area contributed by atoms with Crippen molar-refractivity contribution in [3.05, 3.63) is 29.6 Å². The van der Waals surface area contributed by atoms with Crippen molar-refractivity contribution in [2.75, 3.05) is 6.54 Å². The van der Waals surface area contributed by atoms with Crippen LogP contribution < -0.4 is 5.73 Å². The van der Waals surface area contributed by atoms with E-state index in [2.05, 4.69) is 4.98 Å². The number of hydrogen-bond donors (Lipinski definition) is 1. The van der Waals surface area contributed by atoms with Crippen LogP contribution in [0, 0.1) is 11.6 Å². The Labute approximate surface area is 105 Å². The molecule has 3 nitrogen and oxygen atoms in total. The highest BCUT2D eigenvalue weighted by Crippen LogP contribution is 2.24. The van der Waals surface area contributed by atoms with Gasteiger partial charge < -0.3 is 10.3 Å². The van der Waals surface area contributed by atoms with E-state index >= 15 is 0 Å². The molecule has 1 aromatic heterocycles. The average molecular weight is 253 g/mol. The topological polar surface area (TPSA) is 43.8 Å². The highest BCUT2D eigenvalue weighted by molar-refractivity contribution is 5.76. The lowest BCUT2D eigenvalue weighted by molar-refractivity contribution is 0.510. The molecule has 0 saturated heterocycles. The Balaban J connectivity index is 2.61. The van der Waals surface area contributed by atoms with Crippen molar-refractivity contribution in [1.82, 2.24) is 9.55 Å². The van der Waals surface area contributed by atoms with Gasteiger partial charge in [-0.25, -0.2) is 13.8 Å². The van der Waals surface area contributed by atoms with Crippen molar-refractivity contribution in [2.24, 2.45) is 5.73 Å². The molecule has 18 heavy (non-hydrogen) atoms. The van der Waals surface area contributed by atoms with E-state index in [4.69, 9.17) is 5.73 Å². The molecule has 0 spiro atoms. The summed E-state index contributed by atoms with van der Waals surface area (Å²) in [6, 6.07) is 2.36. The summed E-state index contributed by atoms with van der Waals surface area (Å²) in [5.74, 6) is -0.669. The summed E-state index contributed by atoms with van der Waals surface area (Å²) >= 11 is 0. The Kier molecular flexibility index (Phi) is 3.61. The van der Waals surface area contributed by atoms with E-state index in [0.717, 1.165) is 18.3 Å². The lowest BCUT2D eigenvalue weighted by Crippen LogP contribution is -2.09. The maximum atomic E-state index is 13.3. The van der Waals surface area contributed by atoms with Crippen LogP contribution in [0.25, 0.3) is 11.0 Å². The molecule has 1 aromatic carbocycles. The van der Waals surface area contributed by atoms with E-state index < -0.39 is 11.6 Å². The number of imidazole rings is 1. The maximum absolute atomic E-state index is 13.3. The molecular weight excluding hydrogens is 236 g/mol. The van der Waals surface area contributed by atoms with Gasteiger partial charge in [0, 0.05) is 24.6 Å². The van der Waals surface area contributed by atoms with Crippen molar-refractivity contribution in [3.63, 3.8) is 0 Å². The van der Waals surface area contributed by atoms with Crippen LogP contribution >= 0.6 is 0 Å². The molecule has 2 N–H and O–H groups in total. The SMILES string of the molecule is CC(C)c1nc2cc(F)c(F)cc2n1CCCN. The lowest BCUT2D eigenvalue weighted by atomic mass is 10.2. The number of halogens is 2. The van der Waals surface area contributed by atoms with Crippen LogP contribution in [0.1, 0.15) is 32.0 Å². The molecular formula is C13H17F2N3. The molecule has 2 aromatic rings. The number of aryl methyl sites for hydroxylation is 1. The first-order valence-corrected chi connectivity index (χ1v) is 6.09. The Hall–Kier alpha value is -1.49. The third-order valence-corrected chi connectivity index (χ3v) is 2.92. The minimum absolute atomic E-state index is 0.196.